The highest BCUT2D eigenvalue weighted by molar-refractivity contribution is 8.02. The lowest BCUT2D eigenvalue weighted by Crippen LogP contribution is -2.23. The zero-order valence-corrected chi connectivity index (χ0v) is 14.9. The molecule has 0 radical (unpaired) electrons. The molecule has 0 saturated carbocycles. The highest BCUT2D eigenvalue weighted by atomic mass is 32.3. The third kappa shape index (κ3) is 38.8. The lowest BCUT2D eigenvalue weighted by Gasteiger charge is -1.97. The molecule has 0 heterocycles. The summed E-state index contributed by atoms with van der Waals surface area (Å²) in [5.74, 6) is -3.62. The Morgan fingerprint density at radius 3 is 1.09 bits per heavy atom. The summed E-state index contributed by atoms with van der Waals surface area (Å²) in [6.07, 6.45) is 0. The fourth-order valence-electron chi connectivity index (χ4n) is 0.127. The van der Waals surface area contributed by atoms with E-state index in [1.165, 1.54) is 0 Å². The Balaban J connectivity index is -0.000000112. The Morgan fingerprint density at radius 2 is 1.09 bits per heavy atom. The summed E-state index contributed by atoms with van der Waals surface area (Å²) in [5.41, 5.74) is 0. The van der Waals surface area contributed by atoms with Crippen LogP contribution in [-0.4, -0.2) is 85.7 Å². The average Bonchev–Trinajstić information content (AvgIpc) is 2.46. The molecule has 0 fully saturated rings. The fraction of sp³-hybridized carbons (Fsp3) is 0.625. The van der Waals surface area contributed by atoms with Gasteiger partial charge in [0.15, 0.2) is 0 Å². The van der Waals surface area contributed by atoms with Gasteiger partial charge < -0.3 is 25.5 Å². The van der Waals surface area contributed by atoms with Gasteiger partial charge in [-0.15, -0.1) is 12.6 Å². The Labute approximate surface area is 148 Å². The maximum atomic E-state index is 9.87. The number of carboxylic acid groups (broad SMARTS) is 3. The van der Waals surface area contributed by atoms with Gasteiger partial charge in [-0.1, -0.05) is 0 Å². The van der Waals surface area contributed by atoms with Crippen LogP contribution in [0.1, 0.15) is 0 Å². The maximum absolute atomic E-state index is 9.87. The van der Waals surface area contributed by atoms with Crippen LogP contribution in [0.15, 0.2) is 0 Å². The number of thiol groups is 3. The monoisotopic (exact) mass is 418 g/mol. The van der Waals surface area contributed by atoms with Gasteiger partial charge in [-0.05, 0) is 0 Å². The molecule has 0 aromatic carbocycles. The third-order valence-electron chi connectivity index (χ3n) is 0.864. The van der Waals surface area contributed by atoms with Crippen LogP contribution < -0.4 is 0 Å². The number of hydrogen-bond donors (Lipinski definition) is 9. The van der Waals surface area contributed by atoms with Gasteiger partial charge >= 0.3 is 17.9 Å². The zero-order chi connectivity index (χ0) is 19.6. The first kappa shape index (κ1) is 30.2. The molecule has 0 aliphatic carbocycles. The van der Waals surface area contributed by atoms with Crippen molar-refractivity contribution in [2.75, 3.05) is 24.7 Å². The summed E-state index contributed by atoms with van der Waals surface area (Å²) in [7, 11) is -4.54. The van der Waals surface area contributed by atoms with Crippen molar-refractivity contribution < 1.29 is 52.9 Å². The molecule has 0 aliphatic heterocycles. The summed E-state index contributed by atoms with van der Waals surface area (Å²) < 4.78 is 25.7. The molecule has 140 valence electrons. The molecular formula is C8H18O11S4. The molecule has 0 aromatic heterocycles. The molecule has 0 spiro atoms. The van der Waals surface area contributed by atoms with Gasteiger partial charge in [0, 0.05) is 0 Å². The normalized spacial score (nSPS) is 10.3. The number of aliphatic hydroxyl groups excluding tert-OH is 2. The predicted octanol–water partition coefficient (Wildman–Crippen LogP) is -1.81. The molecule has 23 heavy (non-hydrogen) atoms. The van der Waals surface area contributed by atoms with Gasteiger partial charge in [0.1, 0.15) is 0 Å². The van der Waals surface area contributed by atoms with Gasteiger partial charge in [0.25, 0.3) is 10.1 Å². The Hall–Kier alpha value is -0.710. The van der Waals surface area contributed by atoms with Crippen molar-refractivity contribution in [1.82, 2.24) is 0 Å². The van der Waals surface area contributed by atoms with Gasteiger partial charge in [-0.2, -0.15) is 33.7 Å². The van der Waals surface area contributed by atoms with E-state index in [2.05, 4.69) is 37.9 Å². The Kier molecular flexibility index (Phi) is 25.4. The van der Waals surface area contributed by atoms with Crippen molar-refractivity contribution in [3.8, 4) is 0 Å². The van der Waals surface area contributed by atoms with E-state index >= 15 is 0 Å². The van der Waals surface area contributed by atoms with E-state index in [0.29, 0.717) is 0 Å². The van der Waals surface area contributed by atoms with Crippen molar-refractivity contribution in [3.63, 3.8) is 0 Å². The topological polar surface area (TPSA) is 207 Å². The second kappa shape index (κ2) is 19.3. The summed E-state index contributed by atoms with van der Waals surface area (Å²) in [5, 5.41) is 38.4. The third-order valence-corrected chi connectivity index (χ3v) is 3.19. The first-order valence-electron chi connectivity index (χ1n) is 5.05. The largest absolute Gasteiger partial charge is 0.481 e. The average molecular weight is 418 g/mol. The first-order valence-corrected chi connectivity index (χ1v) is 8.34. The molecule has 0 bridgehead atoms. The van der Waals surface area contributed by atoms with Gasteiger partial charge in [-0.25, -0.2) is 4.79 Å². The van der Waals surface area contributed by atoms with Crippen LogP contribution in [0.3, 0.4) is 0 Å². The molecule has 0 saturated heterocycles. The highest BCUT2D eigenvalue weighted by Crippen LogP contribution is 2.02. The Morgan fingerprint density at radius 1 is 0.870 bits per heavy atom. The van der Waals surface area contributed by atoms with Gasteiger partial charge in [0.2, 0.25) is 4.58 Å². The van der Waals surface area contributed by atoms with Crippen LogP contribution in [0, 0.1) is 0 Å². The highest BCUT2D eigenvalue weighted by Gasteiger charge is 2.25. The van der Waals surface area contributed by atoms with Gasteiger partial charge in [0.05, 0.1) is 24.7 Å². The molecular weight excluding hydrogens is 400 g/mol. The molecule has 0 rings (SSSR count). The van der Waals surface area contributed by atoms with E-state index in [-0.39, 0.29) is 24.7 Å². The number of hydrogen-bond acceptors (Lipinski definition) is 10. The van der Waals surface area contributed by atoms with Crippen molar-refractivity contribution in [3.05, 3.63) is 0 Å². The molecule has 1 atom stereocenters. The first-order chi connectivity index (χ1) is 10.3. The lowest BCUT2D eigenvalue weighted by molar-refractivity contribution is -0.135. The number of aliphatic hydroxyl groups is 2. The SMILES string of the molecule is O=C(O)C(S)S(=O)(=O)O.O=C(O)CS.O=C(O)CS.OCCO. The molecule has 0 amide bonds. The minimum atomic E-state index is -4.54. The van der Waals surface area contributed by atoms with Crippen molar-refractivity contribution >= 4 is 65.9 Å². The van der Waals surface area contributed by atoms with E-state index in [1.807, 2.05) is 0 Å². The molecule has 15 heteroatoms. The fourth-order valence-corrected chi connectivity index (χ4v) is 0.382. The second-order valence-electron chi connectivity index (χ2n) is 2.76. The van der Waals surface area contributed by atoms with E-state index < -0.39 is 32.6 Å². The van der Waals surface area contributed by atoms with Crippen LogP contribution in [0.5, 0.6) is 0 Å². The van der Waals surface area contributed by atoms with Gasteiger partial charge in [-0.3, -0.25) is 14.1 Å². The van der Waals surface area contributed by atoms with Crippen LogP contribution in [-0.2, 0) is 24.5 Å². The van der Waals surface area contributed by atoms with E-state index in [4.69, 9.17) is 30.1 Å². The maximum Gasteiger partial charge on any atom is 0.334 e. The van der Waals surface area contributed by atoms with Crippen LogP contribution >= 0.6 is 37.9 Å². The van der Waals surface area contributed by atoms with Crippen LogP contribution in [0.2, 0.25) is 0 Å². The summed E-state index contributed by atoms with van der Waals surface area (Å²) >= 11 is 9.90. The number of aliphatic carboxylic acids is 3. The molecule has 1 unspecified atom stereocenters. The molecule has 6 N–H and O–H groups in total. The van der Waals surface area contributed by atoms with Crippen molar-refractivity contribution in [2.24, 2.45) is 0 Å². The summed E-state index contributed by atoms with van der Waals surface area (Å²) in [4.78, 5) is 28.3. The Bertz CT molecular complexity index is 406. The molecule has 0 aliphatic rings. The molecule has 11 nitrogen and oxygen atoms in total. The van der Waals surface area contributed by atoms with Crippen LogP contribution in [0.4, 0.5) is 0 Å². The van der Waals surface area contributed by atoms with Crippen LogP contribution in [0.25, 0.3) is 0 Å². The minimum absolute atomic E-state index is 0.0833. The second-order valence-corrected chi connectivity index (χ2v) is 5.76. The number of rotatable bonds is 5. The predicted molar refractivity (Wildman–Crippen MR) is 89.1 cm³/mol. The molecule has 0 aromatic rings. The summed E-state index contributed by atoms with van der Waals surface area (Å²) in [6, 6.07) is 0. The number of carboxylic acids is 3. The lowest BCUT2D eigenvalue weighted by atomic mass is 10.8. The van der Waals surface area contributed by atoms with E-state index in [1.54, 1.807) is 0 Å². The van der Waals surface area contributed by atoms with E-state index in [0.717, 1.165) is 0 Å². The minimum Gasteiger partial charge on any atom is -0.481 e. The smallest absolute Gasteiger partial charge is 0.334 e. The zero-order valence-electron chi connectivity index (χ0n) is 11.4. The number of carbonyl (C=O) groups is 3. The summed E-state index contributed by atoms with van der Waals surface area (Å²) in [6.45, 7) is -0.250. The van der Waals surface area contributed by atoms with Crippen molar-refractivity contribution in [1.29, 1.82) is 0 Å². The standard InChI is InChI=1S/C2H4O5S2.2C2H4O2S.C2H6O2/c3-1(4)2(8)9(5,6)7;2*3-2(4)1-5;3-1-2-4/h2,8H,(H,3,4)(H,5,6,7);2*5H,1H2,(H,3,4);3-4H,1-2H2. The van der Waals surface area contributed by atoms with Crippen molar-refractivity contribution in [2.45, 2.75) is 4.58 Å². The quantitative estimate of drug-likeness (QED) is 0.179. The van der Waals surface area contributed by atoms with E-state index in [9.17, 15) is 22.8 Å².